The van der Waals surface area contributed by atoms with Gasteiger partial charge in [-0.05, 0) is 18.9 Å². The molecule has 2 rings (SSSR count). The number of aryl methyl sites for hydroxylation is 1. The van der Waals surface area contributed by atoms with Gasteiger partial charge >= 0.3 is 0 Å². The van der Waals surface area contributed by atoms with Gasteiger partial charge in [-0.2, -0.15) is 0 Å². The van der Waals surface area contributed by atoms with E-state index in [1.54, 1.807) is 13.3 Å². The lowest BCUT2D eigenvalue weighted by molar-refractivity contribution is 0.397. The second kappa shape index (κ2) is 5.65. The van der Waals surface area contributed by atoms with Crippen molar-refractivity contribution in [3.05, 3.63) is 41.0 Å². The number of rotatable bonds is 4. The monoisotopic (exact) mass is 258 g/mol. The number of nitrogens with zero attached hydrogens (tertiary/aromatic N) is 3. The van der Waals surface area contributed by atoms with Crippen molar-refractivity contribution >= 4 is 5.82 Å². The minimum Gasteiger partial charge on any atom is -0.481 e. The standard InChI is InChI=1S/C14H18N4O/c1-4-11-9(2)14(15)18-12(17-11)7-10-5-6-13(19-3)16-8-10/h5-6,8H,4,7H2,1-3H3,(H2,15,17,18). The lowest BCUT2D eigenvalue weighted by Crippen LogP contribution is -2.07. The number of aromatic nitrogens is 3. The summed E-state index contributed by atoms with van der Waals surface area (Å²) in [6, 6.07) is 3.78. The third kappa shape index (κ3) is 2.99. The molecule has 5 heteroatoms. The third-order valence-electron chi connectivity index (χ3n) is 3.03. The maximum Gasteiger partial charge on any atom is 0.212 e. The van der Waals surface area contributed by atoms with Gasteiger partial charge in [0.15, 0.2) is 0 Å². The highest BCUT2D eigenvalue weighted by atomic mass is 16.5. The van der Waals surface area contributed by atoms with Crippen LogP contribution in [-0.4, -0.2) is 22.1 Å². The first kappa shape index (κ1) is 13.3. The van der Waals surface area contributed by atoms with Gasteiger partial charge in [0.05, 0.1) is 7.11 Å². The molecular formula is C14H18N4O. The van der Waals surface area contributed by atoms with Gasteiger partial charge in [-0.1, -0.05) is 13.0 Å². The molecule has 0 aromatic carbocycles. The SMILES string of the molecule is CCc1nc(Cc2ccc(OC)nc2)nc(N)c1C. The molecule has 0 spiro atoms. The van der Waals surface area contributed by atoms with Gasteiger partial charge in [0.1, 0.15) is 11.6 Å². The summed E-state index contributed by atoms with van der Waals surface area (Å²) in [5.41, 5.74) is 8.92. The number of hydrogen-bond acceptors (Lipinski definition) is 5. The first-order valence-electron chi connectivity index (χ1n) is 6.24. The van der Waals surface area contributed by atoms with Crippen LogP contribution in [0.1, 0.15) is 29.6 Å². The van der Waals surface area contributed by atoms with Gasteiger partial charge in [-0.3, -0.25) is 0 Å². The fourth-order valence-corrected chi connectivity index (χ4v) is 1.88. The Bertz CT molecular complexity index is 566. The fraction of sp³-hybridized carbons (Fsp3) is 0.357. The van der Waals surface area contributed by atoms with Crippen LogP contribution in [0.3, 0.4) is 0 Å². The van der Waals surface area contributed by atoms with Crippen molar-refractivity contribution in [1.29, 1.82) is 0 Å². The van der Waals surface area contributed by atoms with E-state index in [0.717, 1.165) is 29.1 Å². The van der Waals surface area contributed by atoms with Gasteiger partial charge in [0.2, 0.25) is 5.88 Å². The Balaban J connectivity index is 2.25. The summed E-state index contributed by atoms with van der Waals surface area (Å²) in [4.78, 5) is 13.0. The van der Waals surface area contributed by atoms with Crippen LogP contribution < -0.4 is 10.5 Å². The predicted octanol–water partition coefficient (Wildman–Crippen LogP) is 1.92. The molecule has 2 aromatic heterocycles. The minimum atomic E-state index is 0.559. The lowest BCUT2D eigenvalue weighted by atomic mass is 10.1. The average Bonchev–Trinajstić information content (AvgIpc) is 2.43. The summed E-state index contributed by atoms with van der Waals surface area (Å²) in [5, 5.41) is 0. The Morgan fingerprint density at radius 1 is 1.26 bits per heavy atom. The molecule has 0 saturated carbocycles. The number of nitrogen functional groups attached to an aromatic ring is 1. The Morgan fingerprint density at radius 2 is 2.05 bits per heavy atom. The Kier molecular flexibility index (Phi) is 3.94. The molecular weight excluding hydrogens is 240 g/mol. The number of pyridine rings is 1. The quantitative estimate of drug-likeness (QED) is 0.907. The van der Waals surface area contributed by atoms with Crippen molar-refractivity contribution in [2.24, 2.45) is 0 Å². The summed E-state index contributed by atoms with van der Waals surface area (Å²) in [5.74, 6) is 1.89. The van der Waals surface area contributed by atoms with Gasteiger partial charge in [0, 0.05) is 29.9 Å². The second-order valence-corrected chi connectivity index (χ2v) is 4.34. The van der Waals surface area contributed by atoms with E-state index in [-0.39, 0.29) is 0 Å². The normalized spacial score (nSPS) is 10.5. The molecule has 0 amide bonds. The molecule has 0 fully saturated rings. The average molecular weight is 258 g/mol. The van der Waals surface area contributed by atoms with Crippen molar-refractivity contribution in [1.82, 2.24) is 15.0 Å². The Morgan fingerprint density at radius 3 is 2.63 bits per heavy atom. The molecule has 0 aliphatic rings. The molecule has 2 aromatic rings. The molecule has 0 unspecified atom stereocenters. The van der Waals surface area contributed by atoms with E-state index in [0.29, 0.717) is 18.1 Å². The van der Waals surface area contributed by atoms with Crippen LogP contribution in [0.4, 0.5) is 5.82 Å². The van der Waals surface area contributed by atoms with Crippen LogP contribution in [0.15, 0.2) is 18.3 Å². The van der Waals surface area contributed by atoms with E-state index in [2.05, 4.69) is 21.9 Å². The molecule has 0 radical (unpaired) electrons. The van der Waals surface area contributed by atoms with E-state index in [9.17, 15) is 0 Å². The van der Waals surface area contributed by atoms with Crippen LogP contribution in [0.5, 0.6) is 5.88 Å². The van der Waals surface area contributed by atoms with Crippen molar-refractivity contribution in [3.63, 3.8) is 0 Å². The van der Waals surface area contributed by atoms with E-state index < -0.39 is 0 Å². The maximum atomic E-state index is 5.91. The lowest BCUT2D eigenvalue weighted by Gasteiger charge is -2.08. The Labute approximate surface area is 112 Å². The topological polar surface area (TPSA) is 73.9 Å². The van der Waals surface area contributed by atoms with Crippen LogP contribution in [0, 0.1) is 6.92 Å². The minimum absolute atomic E-state index is 0.559. The van der Waals surface area contributed by atoms with Gasteiger partial charge in [-0.15, -0.1) is 0 Å². The summed E-state index contributed by atoms with van der Waals surface area (Å²) >= 11 is 0. The van der Waals surface area contributed by atoms with Crippen LogP contribution in [-0.2, 0) is 12.8 Å². The maximum absolute atomic E-state index is 5.91. The molecule has 5 nitrogen and oxygen atoms in total. The first-order valence-corrected chi connectivity index (χ1v) is 6.24. The molecule has 0 bridgehead atoms. The van der Waals surface area contributed by atoms with E-state index in [1.807, 2.05) is 19.1 Å². The van der Waals surface area contributed by atoms with Crippen molar-refractivity contribution in [2.45, 2.75) is 26.7 Å². The highest BCUT2D eigenvalue weighted by Gasteiger charge is 2.08. The number of ether oxygens (including phenoxy) is 1. The molecule has 0 aliphatic carbocycles. The first-order chi connectivity index (χ1) is 9.13. The molecule has 0 aliphatic heterocycles. The third-order valence-corrected chi connectivity index (χ3v) is 3.03. The smallest absolute Gasteiger partial charge is 0.212 e. The van der Waals surface area contributed by atoms with Crippen molar-refractivity contribution in [2.75, 3.05) is 12.8 Å². The molecule has 2 N–H and O–H groups in total. The van der Waals surface area contributed by atoms with Crippen molar-refractivity contribution < 1.29 is 4.74 Å². The van der Waals surface area contributed by atoms with Crippen LogP contribution >= 0.6 is 0 Å². The van der Waals surface area contributed by atoms with E-state index in [1.165, 1.54) is 0 Å². The van der Waals surface area contributed by atoms with Crippen LogP contribution in [0.25, 0.3) is 0 Å². The van der Waals surface area contributed by atoms with Crippen molar-refractivity contribution in [3.8, 4) is 5.88 Å². The number of hydrogen-bond donors (Lipinski definition) is 1. The van der Waals surface area contributed by atoms with E-state index in [4.69, 9.17) is 10.5 Å². The number of anilines is 1. The fourth-order valence-electron chi connectivity index (χ4n) is 1.88. The summed E-state index contributed by atoms with van der Waals surface area (Å²) in [6.45, 7) is 4.01. The zero-order valence-corrected chi connectivity index (χ0v) is 11.5. The summed E-state index contributed by atoms with van der Waals surface area (Å²) in [7, 11) is 1.60. The number of methoxy groups -OCH3 is 1. The summed E-state index contributed by atoms with van der Waals surface area (Å²) < 4.78 is 5.03. The predicted molar refractivity (Wildman–Crippen MR) is 74.2 cm³/mol. The van der Waals surface area contributed by atoms with Gasteiger partial charge < -0.3 is 10.5 Å². The highest BCUT2D eigenvalue weighted by molar-refractivity contribution is 5.41. The van der Waals surface area contributed by atoms with Gasteiger partial charge in [0.25, 0.3) is 0 Å². The molecule has 19 heavy (non-hydrogen) atoms. The van der Waals surface area contributed by atoms with E-state index >= 15 is 0 Å². The Hall–Kier alpha value is -2.17. The largest absolute Gasteiger partial charge is 0.481 e. The molecule has 0 atom stereocenters. The zero-order valence-electron chi connectivity index (χ0n) is 11.5. The highest BCUT2D eigenvalue weighted by Crippen LogP contribution is 2.15. The molecule has 0 saturated heterocycles. The molecule has 100 valence electrons. The summed E-state index contributed by atoms with van der Waals surface area (Å²) in [6.07, 6.45) is 3.24. The van der Waals surface area contributed by atoms with Crippen LogP contribution in [0.2, 0.25) is 0 Å². The zero-order chi connectivity index (χ0) is 13.8. The molecule has 2 heterocycles. The van der Waals surface area contributed by atoms with Gasteiger partial charge in [-0.25, -0.2) is 15.0 Å². The number of nitrogens with two attached hydrogens (primary N) is 1. The second-order valence-electron chi connectivity index (χ2n) is 4.34.